The Morgan fingerprint density at radius 3 is 1.90 bits per heavy atom. The third-order valence-corrected chi connectivity index (χ3v) is 6.90. The van der Waals surface area contributed by atoms with Crippen molar-refractivity contribution in [3.63, 3.8) is 0 Å². The summed E-state index contributed by atoms with van der Waals surface area (Å²) in [5, 5.41) is 3.06. The molecular formula is C34H36N2O5. The summed E-state index contributed by atoms with van der Waals surface area (Å²) in [6, 6.07) is 31.7. The number of amides is 2. The van der Waals surface area contributed by atoms with Gasteiger partial charge in [-0.1, -0.05) is 78.9 Å². The van der Waals surface area contributed by atoms with E-state index in [0.29, 0.717) is 31.0 Å². The van der Waals surface area contributed by atoms with Gasteiger partial charge in [-0.3, -0.25) is 9.59 Å². The molecule has 0 radical (unpaired) electrons. The molecule has 0 aliphatic rings. The van der Waals surface area contributed by atoms with E-state index in [9.17, 15) is 9.59 Å². The average Bonchev–Trinajstić information content (AvgIpc) is 3.02. The Morgan fingerprint density at radius 2 is 1.29 bits per heavy atom. The second kappa shape index (κ2) is 14.6. The van der Waals surface area contributed by atoms with E-state index in [-0.39, 0.29) is 18.2 Å². The van der Waals surface area contributed by atoms with Gasteiger partial charge in [0.2, 0.25) is 11.8 Å². The van der Waals surface area contributed by atoms with Crippen LogP contribution in [0.25, 0.3) is 0 Å². The molecule has 0 bridgehead atoms. The fourth-order valence-electron chi connectivity index (χ4n) is 4.65. The lowest BCUT2D eigenvalue weighted by Gasteiger charge is -2.32. The van der Waals surface area contributed by atoms with Crippen LogP contribution in [0.1, 0.15) is 22.3 Å². The zero-order valence-electron chi connectivity index (χ0n) is 23.7. The van der Waals surface area contributed by atoms with Crippen LogP contribution in [-0.2, 0) is 35.5 Å². The highest BCUT2D eigenvalue weighted by atomic mass is 16.5. The smallest absolute Gasteiger partial charge is 0.243 e. The summed E-state index contributed by atoms with van der Waals surface area (Å²) in [5.74, 6) is 1.50. The summed E-state index contributed by atoms with van der Waals surface area (Å²) in [7, 11) is 4.75. The van der Waals surface area contributed by atoms with Crippen molar-refractivity contribution >= 4 is 11.8 Å². The number of methoxy groups -OCH3 is 3. The van der Waals surface area contributed by atoms with Gasteiger partial charge in [0.05, 0.1) is 27.8 Å². The molecule has 4 rings (SSSR count). The lowest BCUT2D eigenvalue weighted by Crippen LogP contribution is -2.50. The summed E-state index contributed by atoms with van der Waals surface area (Å²) in [6.45, 7) is 0.623. The van der Waals surface area contributed by atoms with Gasteiger partial charge >= 0.3 is 0 Å². The maximum atomic E-state index is 14.0. The quantitative estimate of drug-likeness (QED) is 0.246. The molecule has 1 atom stereocenters. The van der Waals surface area contributed by atoms with Crippen molar-refractivity contribution in [2.24, 2.45) is 0 Å². The lowest BCUT2D eigenvalue weighted by molar-refractivity contribution is -0.140. The molecule has 2 amide bonds. The first kappa shape index (κ1) is 29.2. The largest absolute Gasteiger partial charge is 0.497 e. The van der Waals surface area contributed by atoms with Crippen molar-refractivity contribution in [2.45, 2.75) is 32.0 Å². The summed E-state index contributed by atoms with van der Waals surface area (Å²) in [6.07, 6.45) is 0.476. The molecule has 0 saturated carbocycles. The zero-order valence-corrected chi connectivity index (χ0v) is 23.7. The Hall–Kier alpha value is -4.78. The highest BCUT2D eigenvalue weighted by Crippen LogP contribution is 2.28. The second-order valence-corrected chi connectivity index (χ2v) is 9.64. The van der Waals surface area contributed by atoms with E-state index in [1.165, 1.54) is 0 Å². The first-order valence-electron chi connectivity index (χ1n) is 13.5. The van der Waals surface area contributed by atoms with Crippen LogP contribution in [-0.4, -0.2) is 44.1 Å². The molecule has 41 heavy (non-hydrogen) atoms. The maximum Gasteiger partial charge on any atom is 0.243 e. The highest BCUT2D eigenvalue weighted by molar-refractivity contribution is 5.89. The van der Waals surface area contributed by atoms with E-state index in [1.54, 1.807) is 38.4 Å². The Morgan fingerprint density at radius 1 is 0.683 bits per heavy atom. The molecule has 0 aliphatic carbocycles. The summed E-state index contributed by atoms with van der Waals surface area (Å²) in [4.78, 5) is 29.5. The van der Waals surface area contributed by atoms with Gasteiger partial charge in [0.1, 0.15) is 11.8 Å². The van der Waals surface area contributed by atoms with Crippen LogP contribution >= 0.6 is 0 Å². The molecule has 0 aliphatic heterocycles. The van der Waals surface area contributed by atoms with Gasteiger partial charge in [-0.25, -0.2) is 0 Å². The minimum atomic E-state index is -0.733. The second-order valence-electron chi connectivity index (χ2n) is 9.64. The van der Waals surface area contributed by atoms with Crippen LogP contribution in [0.3, 0.4) is 0 Å². The molecule has 0 aromatic heterocycles. The molecular weight excluding hydrogens is 516 g/mol. The molecule has 7 heteroatoms. The van der Waals surface area contributed by atoms with Crippen LogP contribution in [0.4, 0.5) is 0 Å². The van der Waals surface area contributed by atoms with Crippen molar-refractivity contribution < 1.29 is 23.8 Å². The number of carbonyl (C=O) groups excluding carboxylic acids is 2. The van der Waals surface area contributed by atoms with Gasteiger partial charge in [0, 0.05) is 19.5 Å². The van der Waals surface area contributed by atoms with E-state index in [1.807, 2.05) is 91.0 Å². The fourth-order valence-corrected chi connectivity index (χ4v) is 4.65. The highest BCUT2D eigenvalue weighted by Gasteiger charge is 2.30. The molecule has 0 fully saturated rings. The first-order chi connectivity index (χ1) is 20.0. The summed E-state index contributed by atoms with van der Waals surface area (Å²) >= 11 is 0. The van der Waals surface area contributed by atoms with Crippen LogP contribution < -0.4 is 19.5 Å². The molecule has 212 valence electrons. The van der Waals surface area contributed by atoms with Crippen molar-refractivity contribution in [3.8, 4) is 17.2 Å². The van der Waals surface area contributed by atoms with Crippen LogP contribution in [0.2, 0.25) is 0 Å². The SMILES string of the molecule is COc1ccc(CNC(=O)[C@H](Cc2ccccc2)N(Cc2ccccc2)C(=O)Cc2ccc(OC)c(OC)c2)cc1. The summed E-state index contributed by atoms with van der Waals surface area (Å²) < 4.78 is 16.0. The number of hydrogen-bond donors (Lipinski definition) is 1. The predicted octanol–water partition coefficient (Wildman–Crippen LogP) is 5.21. The molecule has 7 nitrogen and oxygen atoms in total. The number of nitrogens with one attached hydrogen (secondary N) is 1. The lowest BCUT2D eigenvalue weighted by atomic mass is 10.0. The Labute approximate surface area is 241 Å². The molecule has 4 aromatic rings. The van der Waals surface area contributed by atoms with E-state index < -0.39 is 6.04 Å². The van der Waals surface area contributed by atoms with Crippen molar-refractivity contribution in [3.05, 3.63) is 125 Å². The molecule has 0 spiro atoms. The number of ether oxygens (including phenoxy) is 3. The number of rotatable bonds is 13. The topological polar surface area (TPSA) is 77.1 Å². The predicted molar refractivity (Wildman–Crippen MR) is 159 cm³/mol. The van der Waals surface area contributed by atoms with Gasteiger partial charge in [-0.05, 0) is 46.5 Å². The fraction of sp³-hybridized carbons (Fsp3) is 0.235. The molecule has 4 aromatic carbocycles. The minimum Gasteiger partial charge on any atom is -0.497 e. The first-order valence-corrected chi connectivity index (χ1v) is 13.5. The number of carbonyl (C=O) groups is 2. The van der Waals surface area contributed by atoms with E-state index in [2.05, 4.69) is 5.32 Å². The summed E-state index contributed by atoms with van der Waals surface area (Å²) in [5.41, 5.74) is 3.61. The monoisotopic (exact) mass is 552 g/mol. The Balaban J connectivity index is 1.63. The maximum absolute atomic E-state index is 14.0. The third-order valence-electron chi connectivity index (χ3n) is 6.90. The minimum absolute atomic E-state index is 0.101. The molecule has 1 N–H and O–H groups in total. The number of benzene rings is 4. The normalized spacial score (nSPS) is 11.3. The van der Waals surface area contributed by atoms with Crippen LogP contribution in [0.5, 0.6) is 17.2 Å². The van der Waals surface area contributed by atoms with Gasteiger partial charge < -0.3 is 24.4 Å². The zero-order chi connectivity index (χ0) is 29.0. The Bertz CT molecular complexity index is 1410. The van der Waals surface area contributed by atoms with Gasteiger partial charge in [0.15, 0.2) is 11.5 Å². The molecule has 0 heterocycles. The van der Waals surface area contributed by atoms with Crippen molar-refractivity contribution in [2.75, 3.05) is 21.3 Å². The van der Waals surface area contributed by atoms with E-state index >= 15 is 0 Å². The van der Waals surface area contributed by atoms with Crippen LogP contribution in [0, 0.1) is 0 Å². The van der Waals surface area contributed by atoms with Gasteiger partial charge in [-0.2, -0.15) is 0 Å². The Kier molecular flexibility index (Phi) is 10.4. The van der Waals surface area contributed by atoms with E-state index in [0.717, 1.165) is 28.0 Å². The molecule has 0 saturated heterocycles. The third kappa shape index (κ3) is 8.11. The number of nitrogens with zero attached hydrogens (tertiary/aromatic N) is 1. The van der Waals surface area contributed by atoms with E-state index in [4.69, 9.17) is 14.2 Å². The van der Waals surface area contributed by atoms with Crippen molar-refractivity contribution in [1.82, 2.24) is 10.2 Å². The average molecular weight is 553 g/mol. The van der Waals surface area contributed by atoms with Crippen LogP contribution in [0.15, 0.2) is 103 Å². The van der Waals surface area contributed by atoms with Gasteiger partial charge in [0.25, 0.3) is 0 Å². The van der Waals surface area contributed by atoms with Gasteiger partial charge in [-0.15, -0.1) is 0 Å². The van der Waals surface area contributed by atoms with Crippen molar-refractivity contribution in [1.29, 1.82) is 0 Å². The number of hydrogen-bond acceptors (Lipinski definition) is 5. The molecule has 0 unspecified atom stereocenters. The standard InChI is InChI=1S/C34H36N2O5/c1-39-29-17-14-26(15-18-29)23-35-34(38)30(20-25-10-6-4-7-11-25)36(24-27-12-8-5-9-13-27)33(37)22-28-16-19-31(40-2)32(21-28)41-3/h4-19,21,30H,20,22-24H2,1-3H3,(H,35,38)/t30-/m0/s1.